The van der Waals surface area contributed by atoms with Gasteiger partial charge in [0.15, 0.2) is 0 Å². The molecular weight excluding hydrogens is 288 g/mol. The van der Waals surface area contributed by atoms with E-state index in [1.165, 1.54) is 0 Å². The van der Waals surface area contributed by atoms with E-state index in [4.69, 9.17) is 4.42 Å². The number of hydrogen-bond donors (Lipinski definition) is 1. The monoisotopic (exact) mass is 314 g/mol. The Balaban J connectivity index is 2.10. The standard InChI is InChI=1S/C15H26N2O3S/c1-4-5-10-17(13-6-7-13)21(18,19)15-9-8-14(20-15)11-16-12(2)3/h8-9,12-13,16H,4-7,10-11H2,1-3H3. The van der Waals surface area contributed by atoms with Gasteiger partial charge in [-0.05, 0) is 31.4 Å². The number of nitrogens with one attached hydrogen (secondary N) is 1. The second-order valence-corrected chi connectivity index (χ2v) is 7.78. The zero-order chi connectivity index (χ0) is 15.5. The molecular formula is C15H26N2O3S. The first-order valence-electron chi connectivity index (χ1n) is 7.79. The van der Waals surface area contributed by atoms with Crippen molar-refractivity contribution in [2.45, 2.75) is 70.2 Å². The minimum absolute atomic E-state index is 0.0751. The number of furan rings is 1. The molecule has 1 aromatic heterocycles. The molecule has 1 heterocycles. The lowest BCUT2D eigenvalue weighted by atomic mass is 10.3. The van der Waals surface area contributed by atoms with E-state index in [2.05, 4.69) is 12.2 Å². The summed E-state index contributed by atoms with van der Waals surface area (Å²) in [5.41, 5.74) is 0. The van der Waals surface area contributed by atoms with Crippen LogP contribution in [0.15, 0.2) is 21.6 Å². The first-order chi connectivity index (χ1) is 9.95. The largest absolute Gasteiger partial charge is 0.447 e. The van der Waals surface area contributed by atoms with Gasteiger partial charge in [-0.3, -0.25) is 0 Å². The maximum absolute atomic E-state index is 12.7. The minimum Gasteiger partial charge on any atom is -0.447 e. The van der Waals surface area contributed by atoms with Crippen LogP contribution in [0.3, 0.4) is 0 Å². The lowest BCUT2D eigenvalue weighted by molar-refractivity contribution is 0.353. The van der Waals surface area contributed by atoms with Crippen LogP contribution in [0, 0.1) is 0 Å². The molecule has 0 spiro atoms. The number of nitrogens with zero attached hydrogens (tertiary/aromatic N) is 1. The molecule has 1 aromatic rings. The van der Waals surface area contributed by atoms with Crippen molar-refractivity contribution >= 4 is 10.0 Å². The van der Waals surface area contributed by atoms with Crippen molar-refractivity contribution in [3.05, 3.63) is 17.9 Å². The van der Waals surface area contributed by atoms with E-state index >= 15 is 0 Å². The molecule has 0 bridgehead atoms. The van der Waals surface area contributed by atoms with Gasteiger partial charge in [0.25, 0.3) is 10.0 Å². The van der Waals surface area contributed by atoms with Crippen LogP contribution in [-0.2, 0) is 16.6 Å². The predicted octanol–water partition coefficient (Wildman–Crippen LogP) is 2.73. The molecule has 0 aromatic carbocycles. The molecule has 0 amide bonds. The average molecular weight is 314 g/mol. The van der Waals surface area contributed by atoms with Crippen molar-refractivity contribution in [2.24, 2.45) is 0 Å². The molecule has 1 aliphatic rings. The molecule has 0 aliphatic heterocycles. The average Bonchev–Trinajstić information content (AvgIpc) is 3.13. The third-order valence-electron chi connectivity index (χ3n) is 3.57. The molecule has 21 heavy (non-hydrogen) atoms. The van der Waals surface area contributed by atoms with Crippen LogP contribution in [0.2, 0.25) is 0 Å². The van der Waals surface area contributed by atoms with Crippen molar-refractivity contribution in [3.8, 4) is 0 Å². The Morgan fingerprint density at radius 2 is 2.10 bits per heavy atom. The van der Waals surface area contributed by atoms with Gasteiger partial charge in [-0.1, -0.05) is 27.2 Å². The molecule has 1 N–H and O–H groups in total. The highest BCUT2D eigenvalue weighted by molar-refractivity contribution is 7.89. The van der Waals surface area contributed by atoms with Crippen LogP contribution in [0.5, 0.6) is 0 Å². The van der Waals surface area contributed by atoms with Crippen LogP contribution >= 0.6 is 0 Å². The van der Waals surface area contributed by atoms with E-state index in [9.17, 15) is 8.42 Å². The van der Waals surface area contributed by atoms with Gasteiger partial charge < -0.3 is 9.73 Å². The third kappa shape index (κ3) is 4.31. The number of sulfonamides is 1. The van der Waals surface area contributed by atoms with Crippen LogP contribution in [-0.4, -0.2) is 31.4 Å². The molecule has 0 radical (unpaired) electrons. The summed E-state index contributed by atoms with van der Waals surface area (Å²) in [5, 5.41) is 3.30. The topological polar surface area (TPSA) is 62.6 Å². The molecule has 2 rings (SSSR count). The van der Waals surface area contributed by atoms with Crippen LogP contribution in [0.1, 0.15) is 52.2 Å². The minimum atomic E-state index is -3.49. The summed E-state index contributed by atoms with van der Waals surface area (Å²) in [6.45, 7) is 7.29. The van der Waals surface area contributed by atoms with E-state index in [0.29, 0.717) is 24.9 Å². The Kier molecular flexibility index (Phi) is 5.46. The van der Waals surface area contributed by atoms with Crippen molar-refractivity contribution < 1.29 is 12.8 Å². The summed E-state index contributed by atoms with van der Waals surface area (Å²) in [4.78, 5) is 0. The zero-order valence-electron chi connectivity index (χ0n) is 13.1. The summed E-state index contributed by atoms with van der Waals surface area (Å²) in [6.07, 6.45) is 3.80. The van der Waals surface area contributed by atoms with Crippen LogP contribution in [0.25, 0.3) is 0 Å². The highest BCUT2D eigenvalue weighted by Gasteiger charge is 2.39. The number of unbranched alkanes of at least 4 members (excludes halogenated alkanes) is 1. The van der Waals surface area contributed by atoms with E-state index in [0.717, 1.165) is 25.7 Å². The fraction of sp³-hybridized carbons (Fsp3) is 0.733. The second kappa shape index (κ2) is 6.94. The Morgan fingerprint density at radius 1 is 1.38 bits per heavy atom. The normalized spacial score (nSPS) is 16.0. The van der Waals surface area contributed by atoms with Crippen molar-refractivity contribution in [3.63, 3.8) is 0 Å². The molecule has 0 atom stereocenters. The molecule has 0 unspecified atom stereocenters. The highest BCUT2D eigenvalue weighted by Crippen LogP contribution is 2.32. The van der Waals surface area contributed by atoms with E-state index < -0.39 is 10.0 Å². The molecule has 5 nitrogen and oxygen atoms in total. The van der Waals surface area contributed by atoms with Gasteiger partial charge in [0, 0.05) is 18.6 Å². The van der Waals surface area contributed by atoms with Gasteiger partial charge in [-0.25, -0.2) is 8.42 Å². The third-order valence-corrected chi connectivity index (χ3v) is 5.40. The predicted molar refractivity (Wildman–Crippen MR) is 82.5 cm³/mol. The van der Waals surface area contributed by atoms with E-state index in [-0.39, 0.29) is 11.1 Å². The van der Waals surface area contributed by atoms with E-state index in [1.807, 2.05) is 13.8 Å². The maximum atomic E-state index is 12.7. The Morgan fingerprint density at radius 3 is 2.67 bits per heavy atom. The summed E-state index contributed by atoms with van der Waals surface area (Å²) < 4.78 is 32.5. The first kappa shape index (κ1) is 16.5. The van der Waals surface area contributed by atoms with Gasteiger partial charge in [0.1, 0.15) is 5.76 Å². The quantitative estimate of drug-likeness (QED) is 0.761. The smallest absolute Gasteiger partial charge is 0.276 e. The van der Waals surface area contributed by atoms with Crippen molar-refractivity contribution in [1.82, 2.24) is 9.62 Å². The highest BCUT2D eigenvalue weighted by atomic mass is 32.2. The van der Waals surface area contributed by atoms with Gasteiger partial charge in [-0.2, -0.15) is 4.31 Å². The van der Waals surface area contributed by atoms with Crippen LogP contribution in [0.4, 0.5) is 0 Å². The molecule has 1 aliphatic carbocycles. The summed E-state index contributed by atoms with van der Waals surface area (Å²) in [5.74, 6) is 0.661. The molecule has 0 saturated heterocycles. The van der Waals surface area contributed by atoms with Gasteiger partial charge in [0.2, 0.25) is 5.09 Å². The Bertz CT molecular complexity index is 547. The van der Waals surface area contributed by atoms with Gasteiger partial charge in [0.05, 0.1) is 6.54 Å². The van der Waals surface area contributed by atoms with Crippen LogP contribution < -0.4 is 5.32 Å². The fourth-order valence-electron chi connectivity index (χ4n) is 2.19. The van der Waals surface area contributed by atoms with Gasteiger partial charge in [-0.15, -0.1) is 0 Å². The van der Waals surface area contributed by atoms with Crippen molar-refractivity contribution in [2.75, 3.05) is 6.54 Å². The van der Waals surface area contributed by atoms with Crippen molar-refractivity contribution in [1.29, 1.82) is 0 Å². The van der Waals surface area contributed by atoms with Gasteiger partial charge >= 0.3 is 0 Å². The zero-order valence-corrected chi connectivity index (χ0v) is 13.9. The summed E-state index contributed by atoms with van der Waals surface area (Å²) in [6, 6.07) is 3.83. The Hall–Kier alpha value is -0.850. The maximum Gasteiger partial charge on any atom is 0.276 e. The fourth-order valence-corrected chi connectivity index (χ4v) is 3.84. The summed E-state index contributed by atoms with van der Waals surface area (Å²) in [7, 11) is -3.49. The molecule has 6 heteroatoms. The summed E-state index contributed by atoms with van der Waals surface area (Å²) >= 11 is 0. The molecule has 120 valence electrons. The lowest BCUT2D eigenvalue weighted by Gasteiger charge is -2.20. The molecule has 1 fully saturated rings. The first-order valence-corrected chi connectivity index (χ1v) is 9.23. The lowest BCUT2D eigenvalue weighted by Crippen LogP contribution is -2.33. The van der Waals surface area contributed by atoms with E-state index in [1.54, 1.807) is 16.4 Å². The number of rotatable bonds is 9. The Labute approximate surface area is 127 Å². The number of hydrogen-bond acceptors (Lipinski definition) is 4. The second-order valence-electron chi connectivity index (χ2n) is 5.96. The SMILES string of the molecule is CCCCN(C1CC1)S(=O)(=O)c1ccc(CNC(C)C)o1. The molecule has 1 saturated carbocycles.